The van der Waals surface area contributed by atoms with Crippen LogP contribution in [0.5, 0.6) is 11.5 Å². The maximum Gasteiger partial charge on any atom is 0.189 e. The van der Waals surface area contributed by atoms with Gasteiger partial charge in [-0.15, -0.1) is 0 Å². The Morgan fingerprint density at radius 1 is 1.24 bits per heavy atom. The van der Waals surface area contributed by atoms with E-state index in [1.54, 1.807) is 36.1 Å². The van der Waals surface area contributed by atoms with Crippen LogP contribution >= 0.6 is 0 Å². The van der Waals surface area contributed by atoms with Gasteiger partial charge in [0.1, 0.15) is 11.5 Å². The van der Waals surface area contributed by atoms with E-state index in [4.69, 9.17) is 9.47 Å². The molecule has 0 bridgehead atoms. The molecule has 1 heterocycles. The van der Waals surface area contributed by atoms with Crippen molar-refractivity contribution in [2.24, 2.45) is 7.05 Å². The number of hydrogen-bond acceptors (Lipinski definition) is 4. The van der Waals surface area contributed by atoms with Crippen LogP contribution in [0.25, 0.3) is 6.08 Å². The van der Waals surface area contributed by atoms with Crippen LogP contribution in [0, 0.1) is 6.92 Å². The molecule has 110 valence electrons. The Morgan fingerprint density at radius 2 is 2.00 bits per heavy atom. The van der Waals surface area contributed by atoms with E-state index in [2.05, 4.69) is 5.10 Å². The first kappa shape index (κ1) is 14.8. The van der Waals surface area contributed by atoms with Gasteiger partial charge in [0.2, 0.25) is 0 Å². The first-order chi connectivity index (χ1) is 10.0. The normalized spacial score (nSPS) is 10.9. The Balaban J connectivity index is 2.27. The Bertz CT molecular complexity index is 667. The Morgan fingerprint density at radius 3 is 2.57 bits per heavy atom. The molecular formula is C16H18N2O3. The molecular weight excluding hydrogens is 268 g/mol. The number of benzene rings is 1. The van der Waals surface area contributed by atoms with Gasteiger partial charge in [-0.05, 0) is 43.3 Å². The van der Waals surface area contributed by atoms with Crippen LogP contribution in [0.15, 0.2) is 30.3 Å². The lowest BCUT2D eigenvalue weighted by molar-refractivity contribution is 0.104. The smallest absolute Gasteiger partial charge is 0.189 e. The van der Waals surface area contributed by atoms with Gasteiger partial charge in [-0.2, -0.15) is 5.10 Å². The predicted octanol–water partition coefficient (Wildman–Crippen LogP) is 2.64. The van der Waals surface area contributed by atoms with Crippen molar-refractivity contribution in [1.82, 2.24) is 9.78 Å². The number of carbonyl (C=O) groups is 1. The molecule has 0 N–H and O–H groups in total. The molecule has 1 aromatic carbocycles. The van der Waals surface area contributed by atoms with Gasteiger partial charge in [-0.1, -0.05) is 0 Å². The number of methoxy groups -OCH3 is 2. The number of rotatable bonds is 5. The third-order valence-electron chi connectivity index (χ3n) is 3.21. The highest BCUT2D eigenvalue weighted by molar-refractivity contribution is 6.08. The van der Waals surface area contributed by atoms with Gasteiger partial charge in [0, 0.05) is 12.7 Å². The number of aromatic nitrogens is 2. The summed E-state index contributed by atoms with van der Waals surface area (Å²) in [4.78, 5) is 12.3. The molecule has 1 aromatic heterocycles. The van der Waals surface area contributed by atoms with Crippen molar-refractivity contribution in [2.45, 2.75) is 6.92 Å². The van der Waals surface area contributed by atoms with Crippen molar-refractivity contribution in [3.05, 3.63) is 47.3 Å². The molecule has 0 saturated carbocycles. The van der Waals surface area contributed by atoms with Gasteiger partial charge in [0.05, 0.1) is 25.5 Å². The van der Waals surface area contributed by atoms with Crippen LogP contribution in [0.1, 0.15) is 21.7 Å². The van der Waals surface area contributed by atoms with Crippen LogP contribution in [0.3, 0.4) is 0 Å². The van der Waals surface area contributed by atoms with E-state index in [1.807, 2.05) is 20.0 Å². The summed E-state index contributed by atoms with van der Waals surface area (Å²) in [6.07, 6.45) is 3.17. The van der Waals surface area contributed by atoms with Crippen LogP contribution in [0.2, 0.25) is 0 Å². The third kappa shape index (κ3) is 3.31. The predicted molar refractivity (Wildman–Crippen MR) is 80.9 cm³/mol. The number of carbonyl (C=O) groups excluding carboxylic acids is 1. The highest BCUT2D eigenvalue weighted by atomic mass is 16.5. The first-order valence-electron chi connectivity index (χ1n) is 6.50. The summed E-state index contributed by atoms with van der Waals surface area (Å²) in [6.45, 7) is 1.96. The zero-order valence-electron chi connectivity index (χ0n) is 12.6. The first-order valence-corrected chi connectivity index (χ1v) is 6.50. The molecule has 2 aromatic rings. The van der Waals surface area contributed by atoms with Gasteiger partial charge >= 0.3 is 0 Å². The quantitative estimate of drug-likeness (QED) is 0.626. The van der Waals surface area contributed by atoms with Crippen molar-refractivity contribution in [3.8, 4) is 11.5 Å². The maximum atomic E-state index is 12.3. The Hall–Kier alpha value is -2.56. The number of nitrogens with zero attached hydrogens (tertiary/aromatic N) is 2. The summed E-state index contributed by atoms with van der Waals surface area (Å²) in [7, 11) is 4.95. The van der Waals surface area contributed by atoms with Crippen molar-refractivity contribution >= 4 is 11.9 Å². The van der Waals surface area contributed by atoms with Gasteiger partial charge in [0.15, 0.2) is 5.78 Å². The number of allylic oxidation sites excluding steroid dienone is 1. The fraction of sp³-hybridized carbons (Fsp3) is 0.250. The number of aryl methyl sites for hydroxylation is 2. The minimum atomic E-state index is -0.158. The standard InChI is InChI=1S/C16H18N2O3/c1-11-9-12(17-18(11)2)5-7-15(19)14-10-13(20-3)6-8-16(14)21-4/h5-10H,1-4H3/b7-5+. The minimum Gasteiger partial charge on any atom is -0.497 e. The topological polar surface area (TPSA) is 53.4 Å². The zero-order valence-corrected chi connectivity index (χ0v) is 12.6. The summed E-state index contributed by atoms with van der Waals surface area (Å²) in [6, 6.07) is 7.04. The summed E-state index contributed by atoms with van der Waals surface area (Å²) in [5.41, 5.74) is 2.23. The van der Waals surface area contributed by atoms with Gasteiger partial charge in [-0.25, -0.2) is 0 Å². The molecule has 5 heteroatoms. The van der Waals surface area contributed by atoms with Crippen molar-refractivity contribution in [2.75, 3.05) is 14.2 Å². The van der Waals surface area contributed by atoms with Crippen LogP contribution in [-0.4, -0.2) is 29.8 Å². The number of hydrogen-bond donors (Lipinski definition) is 0. The van der Waals surface area contributed by atoms with E-state index in [1.165, 1.54) is 13.2 Å². The molecule has 0 atom stereocenters. The van der Waals surface area contributed by atoms with Gasteiger partial charge in [-0.3, -0.25) is 9.48 Å². The average Bonchev–Trinajstić information content (AvgIpc) is 2.82. The van der Waals surface area contributed by atoms with Crippen molar-refractivity contribution in [3.63, 3.8) is 0 Å². The second-order valence-electron chi connectivity index (χ2n) is 4.60. The fourth-order valence-corrected chi connectivity index (χ4v) is 1.93. The Labute approximate surface area is 123 Å². The number of ketones is 1. The van der Waals surface area contributed by atoms with Crippen LogP contribution < -0.4 is 9.47 Å². The average molecular weight is 286 g/mol. The summed E-state index contributed by atoms with van der Waals surface area (Å²) in [5.74, 6) is 0.970. The Kier molecular flexibility index (Phi) is 4.42. The monoisotopic (exact) mass is 286 g/mol. The highest BCUT2D eigenvalue weighted by Gasteiger charge is 2.11. The van der Waals surface area contributed by atoms with E-state index < -0.39 is 0 Å². The van der Waals surface area contributed by atoms with E-state index in [-0.39, 0.29) is 5.78 Å². The largest absolute Gasteiger partial charge is 0.497 e. The molecule has 5 nitrogen and oxygen atoms in total. The van der Waals surface area contributed by atoms with Gasteiger partial charge in [0.25, 0.3) is 0 Å². The molecule has 0 aliphatic heterocycles. The number of ether oxygens (including phenoxy) is 2. The molecule has 0 aliphatic rings. The second kappa shape index (κ2) is 6.26. The molecule has 0 amide bonds. The second-order valence-corrected chi connectivity index (χ2v) is 4.60. The minimum absolute atomic E-state index is 0.158. The van der Waals surface area contributed by atoms with Crippen molar-refractivity contribution in [1.29, 1.82) is 0 Å². The molecule has 0 radical (unpaired) electrons. The van der Waals surface area contributed by atoms with Crippen LogP contribution in [0.4, 0.5) is 0 Å². The molecule has 21 heavy (non-hydrogen) atoms. The van der Waals surface area contributed by atoms with E-state index in [0.717, 1.165) is 11.4 Å². The lowest BCUT2D eigenvalue weighted by atomic mass is 10.1. The fourth-order valence-electron chi connectivity index (χ4n) is 1.93. The maximum absolute atomic E-state index is 12.3. The summed E-state index contributed by atoms with van der Waals surface area (Å²) >= 11 is 0. The highest BCUT2D eigenvalue weighted by Crippen LogP contribution is 2.24. The lowest BCUT2D eigenvalue weighted by Crippen LogP contribution is -2.00. The molecule has 0 saturated heterocycles. The third-order valence-corrected chi connectivity index (χ3v) is 3.21. The summed E-state index contributed by atoms with van der Waals surface area (Å²) < 4.78 is 12.1. The molecule has 0 fully saturated rings. The van der Waals surface area contributed by atoms with E-state index >= 15 is 0 Å². The molecule has 0 spiro atoms. The lowest BCUT2D eigenvalue weighted by Gasteiger charge is -2.07. The van der Waals surface area contributed by atoms with E-state index in [0.29, 0.717) is 17.1 Å². The molecule has 0 aliphatic carbocycles. The van der Waals surface area contributed by atoms with Gasteiger partial charge < -0.3 is 9.47 Å². The zero-order chi connectivity index (χ0) is 15.4. The SMILES string of the molecule is COc1ccc(OC)c(C(=O)/C=C/c2cc(C)n(C)n2)c1. The van der Waals surface area contributed by atoms with E-state index in [9.17, 15) is 4.79 Å². The van der Waals surface area contributed by atoms with Crippen molar-refractivity contribution < 1.29 is 14.3 Å². The molecule has 0 unspecified atom stereocenters. The molecule has 2 rings (SSSR count). The summed E-state index contributed by atoms with van der Waals surface area (Å²) in [5, 5.41) is 4.27. The van der Waals surface area contributed by atoms with Crippen LogP contribution in [-0.2, 0) is 7.05 Å².